The molecule has 7 heteroatoms. The second-order valence-electron chi connectivity index (χ2n) is 9.29. The summed E-state index contributed by atoms with van der Waals surface area (Å²) < 4.78 is 5.94. The molecule has 2 heterocycles. The van der Waals surface area contributed by atoms with E-state index in [9.17, 15) is 9.90 Å². The summed E-state index contributed by atoms with van der Waals surface area (Å²) in [4.78, 5) is 23.0. The Morgan fingerprint density at radius 3 is 2.53 bits per heavy atom. The lowest BCUT2D eigenvalue weighted by molar-refractivity contribution is 0.0692. The Kier molecular flexibility index (Phi) is 7.08. The van der Waals surface area contributed by atoms with E-state index >= 15 is 0 Å². The molecule has 6 nitrogen and oxygen atoms in total. The molecule has 1 aliphatic heterocycles. The molecule has 4 rings (SSSR count). The van der Waals surface area contributed by atoms with Crippen LogP contribution < -0.4 is 9.64 Å². The molecule has 2 aromatic carbocycles. The Labute approximate surface area is 205 Å². The van der Waals surface area contributed by atoms with Crippen LogP contribution in [0.15, 0.2) is 54.7 Å². The number of carboxylic acid groups (broad SMARTS) is 1. The Balaban J connectivity index is 1.55. The normalized spacial score (nSPS) is 16.0. The van der Waals surface area contributed by atoms with Gasteiger partial charge in [0, 0.05) is 17.8 Å². The van der Waals surface area contributed by atoms with Crippen molar-refractivity contribution in [3.8, 4) is 5.75 Å². The Morgan fingerprint density at radius 1 is 1.18 bits per heavy atom. The van der Waals surface area contributed by atoms with Gasteiger partial charge >= 0.3 is 5.97 Å². The van der Waals surface area contributed by atoms with Gasteiger partial charge in [0.25, 0.3) is 0 Å². The molecular weight excluding hydrogens is 450 g/mol. The van der Waals surface area contributed by atoms with Crippen LogP contribution in [0.1, 0.15) is 73.3 Å². The molecule has 0 aliphatic carbocycles. The molecule has 0 unspecified atom stereocenters. The van der Waals surface area contributed by atoms with Crippen LogP contribution in [0.25, 0.3) is 0 Å². The second kappa shape index (κ2) is 10.0. The number of halogens is 1. The summed E-state index contributed by atoms with van der Waals surface area (Å²) in [6.45, 7) is 7.43. The average molecular weight is 480 g/mol. The number of ether oxygens (including phenoxy) is 1. The molecule has 1 fully saturated rings. The Morgan fingerprint density at radius 2 is 1.88 bits per heavy atom. The number of rotatable bonds is 8. The largest absolute Gasteiger partial charge is 0.487 e. The van der Waals surface area contributed by atoms with Crippen molar-refractivity contribution in [1.29, 1.82) is 0 Å². The van der Waals surface area contributed by atoms with Gasteiger partial charge in [0.1, 0.15) is 17.9 Å². The van der Waals surface area contributed by atoms with E-state index in [1.165, 1.54) is 11.8 Å². The fraction of sp³-hybridized carbons (Fsp3) is 0.370. The molecule has 0 saturated carbocycles. The minimum absolute atomic E-state index is 0.0487. The molecule has 1 N–H and O–H groups in total. The molecule has 1 aliphatic rings. The number of carboxylic acids is 1. The van der Waals surface area contributed by atoms with Crippen molar-refractivity contribution in [1.82, 2.24) is 9.97 Å². The van der Waals surface area contributed by atoms with E-state index in [1.54, 1.807) is 0 Å². The average Bonchev–Trinajstić information content (AvgIpc) is 3.33. The number of aromatic carboxylic acids is 1. The molecule has 0 spiro atoms. The van der Waals surface area contributed by atoms with Gasteiger partial charge in [-0.2, -0.15) is 0 Å². The standard InChI is InChI=1S/C27H30ClN3O3/c1-4-27(2,3)19-9-13-21(14-10-19)34-17-23-22(25(32)33)16-29-26(30-23)31-15-5-6-24(31)18-7-11-20(28)12-8-18/h7-14,16,24H,4-6,15,17H2,1-3H3,(H,32,33)/t24-/m1/s1. The molecule has 1 atom stereocenters. The van der Waals surface area contributed by atoms with Crippen molar-refractivity contribution >= 4 is 23.5 Å². The van der Waals surface area contributed by atoms with Crippen molar-refractivity contribution in [2.75, 3.05) is 11.4 Å². The predicted molar refractivity (Wildman–Crippen MR) is 134 cm³/mol. The number of anilines is 1. The van der Waals surface area contributed by atoms with Crippen LogP contribution in [0.2, 0.25) is 5.02 Å². The molecule has 1 saturated heterocycles. The molecule has 1 aromatic heterocycles. The maximum Gasteiger partial charge on any atom is 0.339 e. The monoisotopic (exact) mass is 479 g/mol. The summed E-state index contributed by atoms with van der Waals surface area (Å²) in [7, 11) is 0. The third kappa shape index (κ3) is 5.17. The van der Waals surface area contributed by atoms with E-state index in [1.807, 2.05) is 36.4 Å². The first kappa shape index (κ1) is 24.0. The number of carbonyl (C=O) groups is 1. The van der Waals surface area contributed by atoms with E-state index in [2.05, 4.69) is 47.8 Å². The van der Waals surface area contributed by atoms with Crippen molar-refractivity contribution in [2.45, 2.75) is 58.1 Å². The molecule has 0 radical (unpaired) electrons. The molecule has 0 amide bonds. The van der Waals surface area contributed by atoms with Crippen molar-refractivity contribution < 1.29 is 14.6 Å². The van der Waals surface area contributed by atoms with Crippen LogP contribution in [0.4, 0.5) is 5.95 Å². The Hall–Kier alpha value is -3.12. The summed E-state index contributed by atoms with van der Waals surface area (Å²) in [5, 5.41) is 10.4. The van der Waals surface area contributed by atoms with Crippen molar-refractivity contribution in [3.05, 3.63) is 82.1 Å². The van der Waals surface area contributed by atoms with E-state index in [0.29, 0.717) is 22.4 Å². The summed E-state index contributed by atoms with van der Waals surface area (Å²) in [6.07, 6.45) is 4.39. The zero-order valence-electron chi connectivity index (χ0n) is 19.8. The Bertz CT molecular complexity index is 1150. The first-order valence-corrected chi connectivity index (χ1v) is 12.0. The number of nitrogens with zero attached hydrogens (tertiary/aromatic N) is 3. The minimum atomic E-state index is -1.07. The fourth-order valence-corrected chi connectivity index (χ4v) is 4.36. The SMILES string of the molecule is CCC(C)(C)c1ccc(OCc2nc(N3CCC[C@@H]3c3ccc(Cl)cc3)ncc2C(=O)O)cc1. The summed E-state index contributed by atoms with van der Waals surface area (Å²) in [5.74, 6) is 0.120. The lowest BCUT2D eigenvalue weighted by atomic mass is 9.82. The number of hydrogen-bond acceptors (Lipinski definition) is 5. The third-order valence-corrected chi connectivity index (χ3v) is 7.00. The quantitative estimate of drug-likeness (QED) is 0.401. The van der Waals surface area contributed by atoms with Gasteiger partial charge in [0.05, 0.1) is 11.7 Å². The topological polar surface area (TPSA) is 75.5 Å². The molecular formula is C27H30ClN3O3. The zero-order valence-corrected chi connectivity index (χ0v) is 20.5. The molecule has 178 valence electrons. The van der Waals surface area contributed by atoms with Crippen LogP contribution in [-0.4, -0.2) is 27.6 Å². The third-order valence-electron chi connectivity index (χ3n) is 6.75. The lowest BCUT2D eigenvalue weighted by Gasteiger charge is -2.25. The second-order valence-corrected chi connectivity index (χ2v) is 9.73. The molecule has 3 aromatic rings. The van der Waals surface area contributed by atoms with Crippen LogP contribution in [-0.2, 0) is 12.0 Å². The van der Waals surface area contributed by atoms with Crippen LogP contribution >= 0.6 is 11.6 Å². The van der Waals surface area contributed by atoms with Crippen LogP contribution in [0.3, 0.4) is 0 Å². The first-order valence-electron chi connectivity index (χ1n) is 11.6. The highest BCUT2D eigenvalue weighted by atomic mass is 35.5. The highest BCUT2D eigenvalue weighted by molar-refractivity contribution is 6.30. The highest BCUT2D eigenvalue weighted by Crippen LogP contribution is 2.35. The smallest absolute Gasteiger partial charge is 0.339 e. The van der Waals surface area contributed by atoms with E-state index in [0.717, 1.165) is 31.4 Å². The molecule has 0 bridgehead atoms. The summed E-state index contributed by atoms with van der Waals surface area (Å²) >= 11 is 6.06. The van der Waals surface area contributed by atoms with Gasteiger partial charge in [-0.3, -0.25) is 0 Å². The summed E-state index contributed by atoms with van der Waals surface area (Å²) in [5.41, 5.74) is 2.88. The van der Waals surface area contributed by atoms with E-state index in [4.69, 9.17) is 16.3 Å². The summed E-state index contributed by atoms with van der Waals surface area (Å²) in [6, 6.07) is 15.9. The van der Waals surface area contributed by atoms with Crippen LogP contribution in [0.5, 0.6) is 5.75 Å². The lowest BCUT2D eigenvalue weighted by Crippen LogP contribution is -2.26. The van der Waals surface area contributed by atoms with Crippen molar-refractivity contribution in [3.63, 3.8) is 0 Å². The number of hydrogen-bond donors (Lipinski definition) is 1. The highest BCUT2D eigenvalue weighted by Gasteiger charge is 2.29. The predicted octanol–water partition coefficient (Wildman–Crippen LogP) is 6.44. The molecule has 34 heavy (non-hydrogen) atoms. The van der Waals surface area contributed by atoms with Gasteiger partial charge < -0.3 is 14.7 Å². The van der Waals surface area contributed by atoms with Crippen molar-refractivity contribution in [2.24, 2.45) is 0 Å². The van der Waals surface area contributed by atoms with Crippen LogP contribution in [0, 0.1) is 0 Å². The minimum Gasteiger partial charge on any atom is -0.487 e. The fourth-order valence-electron chi connectivity index (χ4n) is 4.23. The maximum absolute atomic E-state index is 11.8. The van der Waals surface area contributed by atoms with Gasteiger partial charge in [-0.05, 0) is 60.1 Å². The van der Waals surface area contributed by atoms with Gasteiger partial charge in [0.2, 0.25) is 5.95 Å². The van der Waals surface area contributed by atoms with Gasteiger partial charge in [-0.1, -0.05) is 56.6 Å². The zero-order chi connectivity index (χ0) is 24.3. The number of aromatic nitrogens is 2. The van der Waals surface area contributed by atoms with Gasteiger partial charge in [-0.25, -0.2) is 14.8 Å². The maximum atomic E-state index is 11.8. The van der Waals surface area contributed by atoms with E-state index in [-0.39, 0.29) is 23.6 Å². The van der Waals surface area contributed by atoms with Gasteiger partial charge in [0.15, 0.2) is 0 Å². The number of benzene rings is 2. The van der Waals surface area contributed by atoms with E-state index < -0.39 is 5.97 Å². The van der Waals surface area contributed by atoms with Gasteiger partial charge in [-0.15, -0.1) is 0 Å². The first-order chi connectivity index (χ1) is 16.3.